The van der Waals surface area contributed by atoms with Crippen molar-refractivity contribution in [2.45, 2.75) is 6.42 Å². The van der Waals surface area contributed by atoms with Crippen molar-refractivity contribution in [3.8, 4) is 0 Å². The number of anilines is 1. The molecule has 3 aromatic rings. The lowest BCUT2D eigenvalue weighted by Crippen LogP contribution is -2.06. The number of Topliss-reactive ketones (excluding diaryl/α,β-unsaturated/α-hetero) is 1. The average Bonchev–Trinajstić information content (AvgIpc) is 2.47. The molecule has 2 nitrogen and oxygen atoms in total. The van der Waals surface area contributed by atoms with Crippen LogP contribution in [0.4, 0.5) is 5.69 Å². The second kappa shape index (κ2) is 5.17. The zero-order chi connectivity index (χ0) is 13.9. The van der Waals surface area contributed by atoms with Crippen molar-refractivity contribution in [2.24, 2.45) is 0 Å². The molecule has 0 fully saturated rings. The number of rotatable bonds is 3. The SMILES string of the molecule is Nc1ccccc1C(=O)Cc1ccc2ccccc2c1. The molecule has 0 unspecified atom stereocenters. The van der Waals surface area contributed by atoms with Gasteiger partial charge in [-0.25, -0.2) is 0 Å². The van der Waals surface area contributed by atoms with Crippen molar-refractivity contribution in [3.05, 3.63) is 77.9 Å². The molecule has 0 spiro atoms. The van der Waals surface area contributed by atoms with Crippen LogP contribution in [0.25, 0.3) is 10.8 Å². The van der Waals surface area contributed by atoms with Gasteiger partial charge in [0, 0.05) is 17.7 Å². The van der Waals surface area contributed by atoms with E-state index < -0.39 is 0 Å². The van der Waals surface area contributed by atoms with Crippen molar-refractivity contribution < 1.29 is 4.79 Å². The average molecular weight is 261 g/mol. The molecule has 0 atom stereocenters. The number of hydrogen-bond donors (Lipinski definition) is 1. The monoisotopic (exact) mass is 261 g/mol. The fraction of sp³-hybridized carbons (Fsp3) is 0.0556. The number of nitrogens with two attached hydrogens (primary N) is 1. The summed E-state index contributed by atoms with van der Waals surface area (Å²) in [6.07, 6.45) is 0.374. The molecule has 0 saturated carbocycles. The molecule has 0 bridgehead atoms. The molecule has 0 amide bonds. The molecule has 0 heterocycles. The smallest absolute Gasteiger partial charge is 0.169 e. The molecule has 0 aliphatic rings. The number of hydrogen-bond acceptors (Lipinski definition) is 2. The summed E-state index contributed by atoms with van der Waals surface area (Å²) in [6.45, 7) is 0. The number of nitrogen functional groups attached to an aromatic ring is 1. The van der Waals surface area contributed by atoms with Crippen LogP contribution in [0.1, 0.15) is 15.9 Å². The van der Waals surface area contributed by atoms with Crippen molar-refractivity contribution >= 4 is 22.2 Å². The second-order valence-electron chi connectivity index (χ2n) is 4.87. The minimum Gasteiger partial charge on any atom is -0.398 e. The van der Waals surface area contributed by atoms with Crippen LogP contribution < -0.4 is 5.73 Å². The summed E-state index contributed by atoms with van der Waals surface area (Å²) >= 11 is 0. The van der Waals surface area contributed by atoms with E-state index in [1.54, 1.807) is 12.1 Å². The minimum absolute atomic E-state index is 0.0541. The molecule has 3 rings (SSSR count). The van der Waals surface area contributed by atoms with E-state index in [9.17, 15) is 4.79 Å². The lowest BCUT2D eigenvalue weighted by molar-refractivity contribution is 0.0994. The molecule has 3 aromatic carbocycles. The summed E-state index contributed by atoms with van der Waals surface area (Å²) in [7, 11) is 0. The Bertz CT molecular complexity index is 777. The first-order chi connectivity index (χ1) is 9.74. The minimum atomic E-state index is 0.0541. The van der Waals surface area contributed by atoms with Crippen molar-refractivity contribution in [1.29, 1.82) is 0 Å². The van der Waals surface area contributed by atoms with Crippen LogP contribution in [0.15, 0.2) is 66.7 Å². The first-order valence-electron chi connectivity index (χ1n) is 6.59. The van der Waals surface area contributed by atoms with Gasteiger partial charge in [-0.15, -0.1) is 0 Å². The number of benzene rings is 3. The maximum atomic E-state index is 12.3. The van der Waals surface area contributed by atoms with Crippen LogP contribution in [0.2, 0.25) is 0 Å². The van der Waals surface area contributed by atoms with E-state index >= 15 is 0 Å². The Morgan fingerprint density at radius 3 is 2.35 bits per heavy atom. The lowest BCUT2D eigenvalue weighted by Gasteiger charge is -2.06. The topological polar surface area (TPSA) is 43.1 Å². The molecule has 2 heteroatoms. The molecule has 0 aliphatic carbocycles. The summed E-state index contributed by atoms with van der Waals surface area (Å²) in [5.41, 5.74) is 7.99. The number of ketones is 1. The highest BCUT2D eigenvalue weighted by Gasteiger charge is 2.10. The van der Waals surface area contributed by atoms with Crippen LogP contribution in [-0.4, -0.2) is 5.78 Å². The normalized spacial score (nSPS) is 10.6. The van der Waals surface area contributed by atoms with Crippen LogP contribution in [0.3, 0.4) is 0 Å². The lowest BCUT2D eigenvalue weighted by atomic mass is 9.99. The zero-order valence-corrected chi connectivity index (χ0v) is 11.0. The van der Waals surface area contributed by atoms with Gasteiger partial charge in [-0.2, -0.15) is 0 Å². The highest BCUT2D eigenvalue weighted by molar-refractivity contribution is 6.02. The third kappa shape index (κ3) is 2.41. The van der Waals surface area contributed by atoms with Crippen molar-refractivity contribution in [2.75, 3.05) is 5.73 Å². The van der Waals surface area contributed by atoms with E-state index in [-0.39, 0.29) is 5.78 Å². The maximum absolute atomic E-state index is 12.3. The van der Waals surface area contributed by atoms with Crippen LogP contribution >= 0.6 is 0 Å². The van der Waals surface area contributed by atoms with Crippen LogP contribution in [-0.2, 0) is 6.42 Å². The molecule has 2 N–H and O–H groups in total. The third-order valence-corrected chi connectivity index (χ3v) is 3.44. The van der Waals surface area contributed by atoms with Gasteiger partial charge in [-0.05, 0) is 28.5 Å². The number of carbonyl (C=O) groups excluding carboxylic acids is 1. The van der Waals surface area contributed by atoms with E-state index in [1.807, 2.05) is 36.4 Å². The number of para-hydroxylation sites is 1. The Labute approximate surface area is 117 Å². The van der Waals surface area contributed by atoms with Crippen LogP contribution in [0.5, 0.6) is 0 Å². The third-order valence-electron chi connectivity index (χ3n) is 3.44. The van der Waals surface area contributed by atoms with E-state index in [2.05, 4.69) is 18.2 Å². The predicted octanol–water partition coefficient (Wildman–Crippen LogP) is 3.85. The van der Waals surface area contributed by atoms with Gasteiger partial charge >= 0.3 is 0 Å². The summed E-state index contributed by atoms with van der Waals surface area (Å²) < 4.78 is 0. The van der Waals surface area contributed by atoms with E-state index in [1.165, 1.54) is 5.39 Å². The van der Waals surface area contributed by atoms with Crippen molar-refractivity contribution in [3.63, 3.8) is 0 Å². The Hall–Kier alpha value is -2.61. The van der Waals surface area contributed by atoms with Gasteiger partial charge in [-0.1, -0.05) is 54.6 Å². The number of fused-ring (bicyclic) bond motifs is 1. The fourth-order valence-corrected chi connectivity index (χ4v) is 2.38. The van der Waals surface area contributed by atoms with Gasteiger partial charge in [0.15, 0.2) is 5.78 Å². The first kappa shape index (κ1) is 12.4. The molecule has 98 valence electrons. The Kier molecular flexibility index (Phi) is 3.21. The zero-order valence-electron chi connectivity index (χ0n) is 11.0. The van der Waals surface area contributed by atoms with Gasteiger partial charge in [0.05, 0.1) is 0 Å². The second-order valence-corrected chi connectivity index (χ2v) is 4.87. The quantitative estimate of drug-likeness (QED) is 0.575. The molecule has 0 radical (unpaired) electrons. The fourth-order valence-electron chi connectivity index (χ4n) is 2.38. The van der Waals surface area contributed by atoms with Gasteiger partial charge in [0.1, 0.15) is 0 Å². The maximum Gasteiger partial charge on any atom is 0.169 e. The first-order valence-corrected chi connectivity index (χ1v) is 6.59. The Morgan fingerprint density at radius 2 is 1.55 bits per heavy atom. The van der Waals surface area contributed by atoms with Gasteiger partial charge < -0.3 is 5.73 Å². The summed E-state index contributed by atoms with van der Waals surface area (Å²) in [6, 6.07) is 21.5. The summed E-state index contributed by atoms with van der Waals surface area (Å²) in [4.78, 5) is 12.3. The van der Waals surface area contributed by atoms with Gasteiger partial charge in [-0.3, -0.25) is 4.79 Å². The van der Waals surface area contributed by atoms with Gasteiger partial charge in [0.2, 0.25) is 0 Å². The largest absolute Gasteiger partial charge is 0.398 e. The predicted molar refractivity (Wildman–Crippen MR) is 82.8 cm³/mol. The molecule has 20 heavy (non-hydrogen) atoms. The summed E-state index contributed by atoms with van der Waals surface area (Å²) in [5.74, 6) is 0.0541. The molecular formula is C18H15NO. The Morgan fingerprint density at radius 1 is 0.850 bits per heavy atom. The van der Waals surface area contributed by atoms with E-state index in [0.717, 1.165) is 10.9 Å². The Balaban J connectivity index is 1.89. The highest BCUT2D eigenvalue weighted by Crippen LogP contribution is 2.18. The molecule has 0 saturated heterocycles. The summed E-state index contributed by atoms with van der Waals surface area (Å²) in [5, 5.41) is 2.33. The standard InChI is InChI=1S/C18H15NO/c19-17-8-4-3-7-16(17)18(20)12-13-9-10-14-5-1-2-6-15(14)11-13/h1-11H,12,19H2. The molecular weight excluding hydrogens is 246 g/mol. The van der Waals surface area contributed by atoms with E-state index in [4.69, 9.17) is 5.73 Å². The number of carbonyl (C=O) groups is 1. The van der Waals surface area contributed by atoms with Crippen molar-refractivity contribution in [1.82, 2.24) is 0 Å². The molecule has 0 aliphatic heterocycles. The van der Waals surface area contributed by atoms with E-state index in [0.29, 0.717) is 17.7 Å². The molecule has 0 aromatic heterocycles. The van der Waals surface area contributed by atoms with Gasteiger partial charge in [0.25, 0.3) is 0 Å². The highest BCUT2D eigenvalue weighted by atomic mass is 16.1. The van der Waals surface area contributed by atoms with Crippen LogP contribution in [0, 0.1) is 0 Å².